The van der Waals surface area contributed by atoms with Crippen LogP contribution in [0.3, 0.4) is 0 Å². The van der Waals surface area contributed by atoms with E-state index in [9.17, 15) is 0 Å². The smallest absolute Gasteiger partial charge is 0.127 e. The Morgan fingerprint density at radius 2 is 1.41 bits per heavy atom. The van der Waals surface area contributed by atoms with Crippen LogP contribution < -0.4 is 9.47 Å². The molecule has 0 spiro atoms. The summed E-state index contributed by atoms with van der Waals surface area (Å²) in [5, 5.41) is 0. The summed E-state index contributed by atoms with van der Waals surface area (Å²) in [5.41, 5.74) is 0. The van der Waals surface area contributed by atoms with Gasteiger partial charge < -0.3 is 9.47 Å². The van der Waals surface area contributed by atoms with E-state index in [2.05, 4.69) is 13.8 Å². The zero-order valence-electron chi connectivity index (χ0n) is 13.6. The summed E-state index contributed by atoms with van der Waals surface area (Å²) in [5.74, 6) is 2.58. The van der Waals surface area contributed by atoms with Crippen molar-refractivity contribution in [3.05, 3.63) is 54.6 Å². The molecule has 0 fully saturated rings. The quantitative estimate of drug-likeness (QED) is 0.512. The van der Waals surface area contributed by atoms with Crippen molar-refractivity contribution < 1.29 is 9.47 Å². The topological polar surface area (TPSA) is 18.5 Å². The third-order valence-corrected chi connectivity index (χ3v) is 3.60. The lowest BCUT2D eigenvalue weighted by Crippen LogP contribution is -2.11. The fourth-order valence-corrected chi connectivity index (χ4v) is 2.36. The Hall–Kier alpha value is -1.96. The number of unbranched alkanes of at least 4 members (excludes halogenated alkanes) is 3. The molecule has 2 heteroatoms. The third kappa shape index (κ3) is 5.80. The van der Waals surface area contributed by atoms with E-state index in [1.807, 2.05) is 54.6 Å². The number of para-hydroxylation sites is 1. The highest BCUT2D eigenvalue weighted by atomic mass is 16.5. The molecule has 0 bridgehead atoms. The number of rotatable bonds is 9. The minimum Gasteiger partial charge on any atom is -0.491 e. The van der Waals surface area contributed by atoms with E-state index in [1.54, 1.807) is 0 Å². The molecule has 118 valence electrons. The van der Waals surface area contributed by atoms with Crippen LogP contribution in [-0.4, -0.2) is 6.10 Å². The molecule has 0 saturated carbocycles. The normalized spacial score (nSPS) is 11.9. The zero-order chi connectivity index (χ0) is 15.6. The molecule has 2 aromatic rings. The molecule has 0 aliphatic heterocycles. The summed E-state index contributed by atoms with van der Waals surface area (Å²) in [6.45, 7) is 4.37. The Labute approximate surface area is 134 Å². The first-order chi connectivity index (χ1) is 10.8. The molecule has 0 aromatic heterocycles. The van der Waals surface area contributed by atoms with Crippen molar-refractivity contribution in [1.29, 1.82) is 0 Å². The van der Waals surface area contributed by atoms with Gasteiger partial charge in [0.05, 0.1) is 6.10 Å². The van der Waals surface area contributed by atoms with Gasteiger partial charge in [-0.15, -0.1) is 0 Å². The molecule has 0 amide bonds. The first-order valence-corrected chi connectivity index (χ1v) is 8.27. The maximum atomic E-state index is 5.94. The molecule has 2 rings (SSSR count). The second-order valence-electron chi connectivity index (χ2n) is 5.66. The third-order valence-electron chi connectivity index (χ3n) is 3.60. The lowest BCUT2D eigenvalue weighted by atomic mass is 10.1. The number of hydrogen-bond donors (Lipinski definition) is 0. The van der Waals surface area contributed by atoms with Crippen LogP contribution in [0.15, 0.2) is 54.6 Å². The van der Waals surface area contributed by atoms with Crippen LogP contribution in [0.2, 0.25) is 0 Å². The highest BCUT2D eigenvalue weighted by Gasteiger charge is 2.04. The number of hydrogen-bond acceptors (Lipinski definition) is 2. The molecule has 0 heterocycles. The van der Waals surface area contributed by atoms with Gasteiger partial charge in [0.1, 0.15) is 17.2 Å². The monoisotopic (exact) mass is 298 g/mol. The van der Waals surface area contributed by atoms with Crippen molar-refractivity contribution in [2.75, 3.05) is 0 Å². The molecule has 2 aromatic carbocycles. The largest absolute Gasteiger partial charge is 0.491 e. The van der Waals surface area contributed by atoms with E-state index >= 15 is 0 Å². The molecular formula is C20H26O2. The molecule has 0 aliphatic carbocycles. The van der Waals surface area contributed by atoms with Crippen LogP contribution in [0.5, 0.6) is 17.2 Å². The molecule has 0 N–H and O–H groups in total. The highest BCUT2D eigenvalue weighted by molar-refractivity contribution is 5.35. The van der Waals surface area contributed by atoms with Crippen LogP contribution in [0.4, 0.5) is 0 Å². The second-order valence-corrected chi connectivity index (χ2v) is 5.66. The molecule has 22 heavy (non-hydrogen) atoms. The summed E-state index contributed by atoms with van der Waals surface area (Å²) in [7, 11) is 0. The Balaban J connectivity index is 1.79. The minimum atomic E-state index is 0.262. The summed E-state index contributed by atoms with van der Waals surface area (Å²) in [6.07, 6.45) is 6.51. The Bertz CT molecular complexity index is 519. The van der Waals surface area contributed by atoms with Crippen molar-refractivity contribution in [3.63, 3.8) is 0 Å². The van der Waals surface area contributed by atoms with Gasteiger partial charge in [-0.1, -0.05) is 44.4 Å². The van der Waals surface area contributed by atoms with Crippen LogP contribution in [0, 0.1) is 0 Å². The van der Waals surface area contributed by atoms with Crippen LogP contribution in [0.1, 0.15) is 46.0 Å². The van der Waals surface area contributed by atoms with Gasteiger partial charge in [0.2, 0.25) is 0 Å². The average molecular weight is 298 g/mol. The van der Waals surface area contributed by atoms with E-state index in [-0.39, 0.29) is 6.10 Å². The molecule has 1 unspecified atom stereocenters. The summed E-state index contributed by atoms with van der Waals surface area (Å²) in [6, 6.07) is 17.7. The lowest BCUT2D eigenvalue weighted by Gasteiger charge is -2.15. The average Bonchev–Trinajstić information content (AvgIpc) is 2.54. The summed E-state index contributed by atoms with van der Waals surface area (Å²) in [4.78, 5) is 0. The van der Waals surface area contributed by atoms with Gasteiger partial charge >= 0.3 is 0 Å². The fraction of sp³-hybridized carbons (Fsp3) is 0.400. The second kappa shape index (κ2) is 9.14. The highest BCUT2D eigenvalue weighted by Crippen LogP contribution is 2.24. The van der Waals surface area contributed by atoms with E-state index in [0.717, 1.165) is 23.7 Å². The first-order valence-electron chi connectivity index (χ1n) is 8.27. The van der Waals surface area contributed by atoms with Crippen molar-refractivity contribution in [2.45, 2.75) is 52.1 Å². The standard InChI is InChI=1S/C20H26O2/c1-3-4-5-7-10-17(2)21-19-13-15-20(16-14-19)22-18-11-8-6-9-12-18/h6,8-9,11-17H,3-5,7,10H2,1-2H3. The van der Waals surface area contributed by atoms with Crippen LogP contribution in [0.25, 0.3) is 0 Å². The van der Waals surface area contributed by atoms with Crippen LogP contribution in [-0.2, 0) is 0 Å². The maximum absolute atomic E-state index is 5.94. The molecule has 0 radical (unpaired) electrons. The van der Waals surface area contributed by atoms with Crippen molar-refractivity contribution in [2.24, 2.45) is 0 Å². The van der Waals surface area contributed by atoms with Gasteiger partial charge in [0, 0.05) is 0 Å². The van der Waals surface area contributed by atoms with E-state index in [1.165, 1.54) is 25.7 Å². The number of ether oxygens (including phenoxy) is 2. The SMILES string of the molecule is CCCCCCC(C)Oc1ccc(Oc2ccccc2)cc1. The molecular weight excluding hydrogens is 272 g/mol. The van der Waals surface area contributed by atoms with Gasteiger partial charge in [-0.2, -0.15) is 0 Å². The predicted molar refractivity (Wildman–Crippen MR) is 91.8 cm³/mol. The molecule has 0 saturated heterocycles. The predicted octanol–water partition coefficient (Wildman–Crippen LogP) is 6.22. The minimum absolute atomic E-state index is 0.262. The van der Waals surface area contributed by atoms with Crippen molar-refractivity contribution in [1.82, 2.24) is 0 Å². The maximum Gasteiger partial charge on any atom is 0.127 e. The first kappa shape index (κ1) is 16.4. The summed E-state index contributed by atoms with van der Waals surface area (Å²) < 4.78 is 11.7. The van der Waals surface area contributed by atoms with E-state index < -0.39 is 0 Å². The molecule has 2 nitrogen and oxygen atoms in total. The zero-order valence-corrected chi connectivity index (χ0v) is 13.6. The molecule has 1 atom stereocenters. The van der Waals surface area contributed by atoms with Gasteiger partial charge in [-0.05, 0) is 56.2 Å². The Kier molecular flexibility index (Phi) is 6.82. The van der Waals surface area contributed by atoms with Gasteiger partial charge in [0.25, 0.3) is 0 Å². The Morgan fingerprint density at radius 3 is 2.09 bits per heavy atom. The van der Waals surface area contributed by atoms with Crippen molar-refractivity contribution in [3.8, 4) is 17.2 Å². The van der Waals surface area contributed by atoms with Crippen molar-refractivity contribution >= 4 is 0 Å². The van der Waals surface area contributed by atoms with Gasteiger partial charge in [-0.25, -0.2) is 0 Å². The Morgan fingerprint density at radius 1 is 0.773 bits per heavy atom. The molecule has 0 aliphatic rings. The lowest BCUT2D eigenvalue weighted by molar-refractivity contribution is 0.206. The summed E-state index contributed by atoms with van der Waals surface area (Å²) >= 11 is 0. The van der Waals surface area contributed by atoms with E-state index in [4.69, 9.17) is 9.47 Å². The fourth-order valence-electron chi connectivity index (χ4n) is 2.36. The number of benzene rings is 2. The van der Waals surface area contributed by atoms with Gasteiger partial charge in [0.15, 0.2) is 0 Å². The van der Waals surface area contributed by atoms with Crippen LogP contribution >= 0.6 is 0 Å². The van der Waals surface area contributed by atoms with E-state index in [0.29, 0.717) is 0 Å². The van der Waals surface area contributed by atoms with Gasteiger partial charge in [-0.3, -0.25) is 0 Å².